The molecule has 8 heteroatoms. The van der Waals surface area contributed by atoms with Crippen molar-refractivity contribution >= 4 is 38.1 Å². The molecule has 7 nitrogen and oxygen atoms in total. The lowest BCUT2D eigenvalue weighted by atomic mass is 10.1. The van der Waals surface area contributed by atoms with Gasteiger partial charge < -0.3 is 11.1 Å². The van der Waals surface area contributed by atoms with Crippen LogP contribution in [0.1, 0.15) is 10.8 Å². The molecule has 2 aromatic carbocycles. The lowest BCUT2D eigenvalue weighted by Crippen LogP contribution is -2.46. The van der Waals surface area contributed by atoms with Crippen LogP contribution in [0, 0.1) is 0 Å². The zero-order chi connectivity index (χ0) is 21.0. The second kappa shape index (κ2) is 8.24. The standard InChI is InChI=1S/C21H19N3O4S/c1-2-18(16-10-9-14-6-3-4-7-15(14)12-16)29(27,28)19(20(22)25)21(26)24-17-8-5-11-23-13-17/h2-13,18-19H,1H2,(H2,22,25)(H,24,26). The van der Waals surface area contributed by atoms with E-state index in [0.717, 1.165) is 10.8 Å². The van der Waals surface area contributed by atoms with E-state index in [1.807, 2.05) is 24.3 Å². The summed E-state index contributed by atoms with van der Waals surface area (Å²) in [5, 5.41) is 0.750. The summed E-state index contributed by atoms with van der Waals surface area (Å²) in [5.74, 6) is -2.31. The van der Waals surface area contributed by atoms with E-state index in [1.165, 1.54) is 24.5 Å². The first kappa shape index (κ1) is 20.2. The van der Waals surface area contributed by atoms with E-state index < -0.39 is 32.2 Å². The molecule has 0 saturated heterocycles. The Balaban J connectivity index is 1.99. The normalized spacial score (nSPS) is 13.4. The average Bonchev–Trinajstić information content (AvgIpc) is 2.68. The topological polar surface area (TPSA) is 119 Å². The number of carbonyl (C=O) groups is 2. The minimum atomic E-state index is -4.38. The van der Waals surface area contributed by atoms with Crippen molar-refractivity contribution in [3.05, 3.63) is 85.2 Å². The third-order valence-electron chi connectivity index (χ3n) is 4.42. The fourth-order valence-electron chi connectivity index (χ4n) is 3.08. The Bertz CT molecular complexity index is 1180. The summed E-state index contributed by atoms with van der Waals surface area (Å²) < 4.78 is 26.4. The van der Waals surface area contributed by atoms with Gasteiger partial charge in [-0.3, -0.25) is 14.6 Å². The van der Waals surface area contributed by atoms with Crippen LogP contribution in [0.15, 0.2) is 79.6 Å². The largest absolute Gasteiger partial charge is 0.368 e. The molecule has 0 fully saturated rings. The Hall–Kier alpha value is -3.52. The Kier molecular flexibility index (Phi) is 5.74. The van der Waals surface area contributed by atoms with Crippen LogP contribution in [0.4, 0.5) is 5.69 Å². The van der Waals surface area contributed by atoms with Gasteiger partial charge in [0.15, 0.2) is 9.84 Å². The van der Waals surface area contributed by atoms with E-state index in [1.54, 1.807) is 24.3 Å². The maximum Gasteiger partial charge on any atom is 0.252 e. The summed E-state index contributed by atoms with van der Waals surface area (Å²) in [4.78, 5) is 28.4. The molecule has 3 rings (SSSR count). The van der Waals surface area contributed by atoms with Crippen molar-refractivity contribution in [2.75, 3.05) is 5.32 Å². The molecule has 0 aliphatic carbocycles. The summed E-state index contributed by atoms with van der Waals surface area (Å²) in [6, 6.07) is 15.6. The molecule has 0 spiro atoms. The Morgan fingerprint density at radius 1 is 1.07 bits per heavy atom. The van der Waals surface area contributed by atoms with Crippen LogP contribution in [0.25, 0.3) is 10.8 Å². The van der Waals surface area contributed by atoms with Gasteiger partial charge in [0.25, 0.3) is 5.91 Å². The second-order valence-corrected chi connectivity index (χ2v) is 8.52. The van der Waals surface area contributed by atoms with Gasteiger partial charge in [0.05, 0.1) is 11.9 Å². The van der Waals surface area contributed by atoms with Crippen molar-refractivity contribution in [1.82, 2.24) is 4.98 Å². The number of nitrogens with two attached hydrogens (primary N) is 1. The van der Waals surface area contributed by atoms with Gasteiger partial charge in [0, 0.05) is 6.20 Å². The van der Waals surface area contributed by atoms with Crippen molar-refractivity contribution < 1.29 is 18.0 Å². The molecule has 0 aliphatic rings. The molecule has 29 heavy (non-hydrogen) atoms. The third-order valence-corrected chi connectivity index (χ3v) is 6.70. The molecule has 3 aromatic rings. The van der Waals surface area contributed by atoms with Gasteiger partial charge >= 0.3 is 0 Å². The number of anilines is 1. The van der Waals surface area contributed by atoms with Crippen molar-refractivity contribution in [1.29, 1.82) is 0 Å². The zero-order valence-corrected chi connectivity index (χ0v) is 16.2. The third kappa shape index (κ3) is 4.17. The Morgan fingerprint density at radius 3 is 2.41 bits per heavy atom. The minimum Gasteiger partial charge on any atom is -0.368 e. The number of sulfone groups is 1. The smallest absolute Gasteiger partial charge is 0.252 e. The fraction of sp³-hybridized carbons (Fsp3) is 0.0952. The van der Waals surface area contributed by atoms with Crippen LogP contribution in [0.5, 0.6) is 0 Å². The van der Waals surface area contributed by atoms with Crippen LogP contribution in [0.3, 0.4) is 0 Å². The molecular weight excluding hydrogens is 390 g/mol. The van der Waals surface area contributed by atoms with Crippen LogP contribution in [0.2, 0.25) is 0 Å². The number of nitrogens with one attached hydrogen (secondary N) is 1. The molecule has 2 amide bonds. The number of primary amides is 1. The number of benzene rings is 2. The summed E-state index contributed by atoms with van der Waals surface area (Å²) in [6.45, 7) is 3.60. The van der Waals surface area contributed by atoms with Gasteiger partial charge in [0.2, 0.25) is 11.2 Å². The van der Waals surface area contributed by atoms with E-state index in [9.17, 15) is 18.0 Å². The highest BCUT2D eigenvalue weighted by molar-refractivity contribution is 7.94. The van der Waals surface area contributed by atoms with Gasteiger partial charge in [-0.1, -0.05) is 42.5 Å². The van der Waals surface area contributed by atoms with Crippen molar-refractivity contribution in [2.45, 2.75) is 10.5 Å². The Morgan fingerprint density at radius 2 is 1.79 bits per heavy atom. The highest BCUT2D eigenvalue weighted by Gasteiger charge is 2.42. The number of rotatable bonds is 7. The maximum absolute atomic E-state index is 13.2. The molecular formula is C21H19N3O4S. The van der Waals surface area contributed by atoms with Crippen LogP contribution in [-0.4, -0.2) is 30.5 Å². The number of amides is 2. The maximum atomic E-state index is 13.2. The first-order chi connectivity index (χ1) is 13.8. The van der Waals surface area contributed by atoms with Gasteiger partial charge in [0.1, 0.15) is 5.25 Å². The number of fused-ring (bicyclic) bond motifs is 1. The van der Waals surface area contributed by atoms with E-state index >= 15 is 0 Å². The predicted molar refractivity (Wildman–Crippen MR) is 112 cm³/mol. The molecule has 148 valence electrons. The first-order valence-corrected chi connectivity index (χ1v) is 10.3. The summed E-state index contributed by atoms with van der Waals surface area (Å²) in [6.07, 6.45) is 4.01. The van der Waals surface area contributed by atoms with Crippen molar-refractivity contribution in [2.24, 2.45) is 5.73 Å². The zero-order valence-electron chi connectivity index (χ0n) is 15.4. The SMILES string of the molecule is C=CC(c1ccc2ccccc2c1)S(=O)(=O)C(C(N)=O)C(=O)Nc1cccnc1. The van der Waals surface area contributed by atoms with Crippen LogP contribution < -0.4 is 11.1 Å². The lowest BCUT2D eigenvalue weighted by molar-refractivity contribution is -0.124. The minimum absolute atomic E-state index is 0.250. The number of pyridine rings is 1. The lowest BCUT2D eigenvalue weighted by Gasteiger charge is -2.20. The number of hydrogen-bond acceptors (Lipinski definition) is 5. The molecule has 3 N–H and O–H groups in total. The van der Waals surface area contributed by atoms with Gasteiger partial charge in [-0.05, 0) is 34.5 Å². The molecule has 0 saturated carbocycles. The summed E-state index contributed by atoms with van der Waals surface area (Å²) >= 11 is 0. The molecule has 2 atom stereocenters. The molecule has 2 unspecified atom stereocenters. The summed E-state index contributed by atoms with van der Waals surface area (Å²) in [5.41, 5.74) is 5.95. The summed E-state index contributed by atoms with van der Waals surface area (Å²) in [7, 11) is -4.38. The van der Waals surface area contributed by atoms with E-state index in [4.69, 9.17) is 5.73 Å². The highest BCUT2D eigenvalue weighted by atomic mass is 32.2. The fourth-order valence-corrected chi connectivity index (χ4v) is 4.84. The highest BCUT2D eigenvalue weighted by Crippen LogP contribution is 2.30. The molecule has 1 heterocycles. The molecule has 1 aromatic heterocycles. The predicted octanol–water partition coefficient (Wildman–Crippen LogP) is 2.37. The monoisotopic (exact) mass is 409 g/mol. The molecule has 0 bridgehead atoms. The van der Waals surface area contributed by atoms with E-state index in [0.29, 0.717) is 5.56 Å². The quantitative estimate of drug-likeness (QED) is 0.459. The van der Waals surface area contributed by atoms with Gasteiger partial charge in [-0.15, -0.1) is 6.58 Å². The van der Waals surface area contributed by atoms with Crippen LogP contribution >= 0.6 is 0 Å². The number of carbonyl (C=O) groups excluding carboxylic acids is 2. The second-order valence-electron chi connectivity index (χ2n) is 6.37. The van der Waals surface area contributed by atoms with E-state index in [2.05, 4.69) is 16.9 Å². The van der Waals surface area contributed by atoms with Gasteiger partial charge in [-0.25, -0.2) is 8.42 Å². The Labute approximate surface area is 168 Å². The van der Waals surface area contributed by atoms with Crippen molar-refractivity contribution in [3.8, 4) is 0 Å². The number of hydrogen-bond donors (Lipinski definition) is 2. The number of nitrogens with zero attached hydrogens (tertiary/aromatic N) is 1. The van der Waals surface area contributed by atoms with Gasteiger partial charge in [-0.2, -0.15) is 0 Å². The molecule has 0 radical (unpaired) electrons. The molecule has 0 aliphatic heterocycles. The first-order valence-electron chi connectivity index (χ1n) is 8.69. The van der Waals surface area contributed by atoms with Crippen LogP contribution in [-0.2, 0) is 19.4 Å². The van der Waals surface area contributed by atoms with E-state index in [-0.39, 0.29) is 5.69 Å². The average molecular weight is 409 g/mol. The van der Waals surface area contributed by atoms with Crippen molar-refractivity contribution in [3.63, 3.8) is 0 Å². The number of aromatic nitrogens is 1.